The highest BCUT2D eigenvalue weighted by atomic mass is 79.9. The largest absolute Gasteiger partial charge is 0.0574 e. The molecular weight excluding hydrogens is 888 g/mol. The van der Waals surface area contributed by atoms with E-state index in [-0.39, 0.29) is 0 Å². The molecule has 0 aliphatic heterocycles. The zero-order valence-electron chi connectivity index (χ0n) is 33.5. The van der Waals surface area contributed by atoms with Gasteiger partial charge in [0.15, 0.2) is 0 Å². The molecule has 12 aliphatic carbocycles. The van der Waals surface area contributed by atoms with Gasteiger partial charge in [-0.15, -0.1) is 0 Å². The third-order valence-corrected chi connectivity index (χ3v) is 20.9. The van der Waals surface area contributed by atoms with Crippen LogP contribution in [0.5, 0.6) is 0 Å². The van der Waals surface area contributed by atoms with Gasteiger partial charge in [0.2, 0.25) is 0 Å². The molecule has 57 heavy (non-hydrogen) atoms. The Labute approximate surface area is 366 Å². The van der Waals surface area contributed by atoms with E-state index in [1.165, 1.54) is 129 Å². The molecule has 0 N–H and O–H groups in total. The maximum Gasteiger partial charge on any atom is 0.0175 e. The highest BCUT2D eigenvalue weighted by Crippen LogP contribution is 2.71. The highest BCUT2D eigenvalue weighted by Gasteiger charge is 2.63. The van der Waals surface area contributed by atoms with Gasteiger partial charge >= 0.3 is 0 Å². The first-order valence-corrected chi connectivity index (χ1v) is 25.4. The Kier molecular flexibility index (Phi) is 7.74. The van der Waals surface area contributed by atoms with Gasteiger partial charge in [0, 0.05) is 13.4 Å². The summed E-state index contributed by atoms with van der Waals surface area (Å²) in [4.78, 5) is 0. The van der Waals surface area contributed by atoms with Crippen molar-refractivity contribution in [2.24, 2.45) is 35.5 Å². The summed E-state index contributed by atoms with van der Waals surface area (Å²) in [7, 11) is 0. The van der Waals surface area contributed by atoms with Crippen molar-refractivity contribution in [2.45, 2.75) is 148 Å². The van der Waals surface area contributed by atoms with E-state index in [0.29, 0.717) is 32.5 Å². The number of hydrogen-bond acceptors (Lipinski definition) is 0. The van der Waals surface area contributed by atoms with E-state index in [1.807, 2.05) is 0 Å². The molecule has 0 spiro atoms. The topological polar surface area (TPSA) is 0 Å². The van der Waals surface area contributed by atoms with Crippen LogP contribution in [0.25, 0.3) is 0 Å². The molecule has 0 nitrogen and oxygen atoms in total. The normalized spacial score (nSPS) is 44.3. The van der Waals surface area contributed by atoms with Crippen LogP contribution >= 0.6 is 47.8 Å². The van der Waals surface area contributed by atoms with E-state index in [1.54, 1.807) is 33.4 Å². The van der Waals surface area contributed by atoms with Crippen molar-refractivity contribution in [1.29, 1.82) is 0 Å². The fourth-order valence-electron chi connectivity index (χ4n) is 18.8. The third-order valence-electron chi connectivity index (χ3n) is 19.3. The molecule has 0 amide bonds. The van der Waals surface area contributed by atoms with Crippen LogP contribution in [0.3, 0.4) is 0 Å². The lowest BCUT2D eigenvalue weighted by Gasteiger charge is -2.65. The number of benzene rings is 4. The second-order valence-electron chi connectivity index (χ2n) is 22.9. The van der Waals surface area contributed by atoms with Gasteiger partial charge in [-0.1, -0.05) is 102 Å². The van der Waals surface area contributed by atoms with Crippen molar-refractivity contribution in [3.05, 3.63) is 138 Å². The van der Waals surface area contributed by atoms with Crippen LogP contribution in [0.1, 0.15) is 149 Å². The van der Waals surface area contributed by atoms with Gasteiger partial charge in [0.1, 0.15) is 0 Å². The van der Waals surface area contributed by atoms with E-state index in [9.17, 15) is 0 Å². The molecule has 6 unspecified atom stereocenters. The fraction of sp³-hybridized carbons (Fsp3) is 0.556. The minimum absolute atomic E-state index is 0.305. The van der Waals surface area contributed by atoms with Crippen LogP contribution in [0.15, 0.2) is 104 Å². The van der Waals surface area contributed by atoms with Gasteiger partial charge in [-0.05, 0) is 253 Å². The van der Waals surface area contributed by atoms with Gasteiger partial charge in [0.25, 0.3) is 0 Å². The smallest absolute Gasteiger partial charge is 0.0175 e. The van der Waals surface area contributed by atoms with Crippen molar-refractivity contribution in [3.8, 4) is 0 Å². The maximum absolute atomic E-state index is 3.79. The Hall–Kier alpha value is -1.68. The van der Waals surface area contributed by atoms with E-state index < -0.39 is 0 Å². The molecule has 16 rings (SSSR count). The molecule has 12 bridgehead atoms. The summed E-state index contributed by atoms with van der Waals surface area (Å²) in [6.45, 7) is 0. The first-order valence-electron chi connectivity index (χ1n) is 23.0. The quantitative estimate of drug-likeness (QED) is 0.181. The van der Waals surface area contributed by atoms with Crippen molar-refractivity contribution in [1.82, 2.24) is 0 Å². The molecule has 0 saturated heterocycles. The van der Waals surface area contributed by atoms with Crippen molar-refractivity contribution < 1.29 is 0 Å². The summed E-state index contributed by atoms with van der Waals surface area (Å²) < 4.78 is 3.66. The molecule has 0 aromatic heterocycles. The second kappa shape index (κ2) is 12.2. The van der Waals surface area contributed by atoms with Gasteiger partial charge in [0.05, 0.1) is 0 Å². The summed E-state index contributed by atoms with van der Waals surface area (Å²) in [5, 5.41) is 0. The first kappa shape index (κ1) is 36.0. The number of hydrogen-bond donors (Lipinski definition) is 0. The van der Waals surface area contributed by atoms with Crippen molar-refractivity contribution >= 4 is 47.8 Å². The van der Waals surface area contributed by atoms with Gasteiger partial charge < -0.3 is 0 Å². The third kappa shape index (κ3) is 5.38. The lowest BCUT2D eigenvalue weighted by atomic mass is 9.39. The summed E-state index contributed by atoms with van der Waals surface area (Å²) in [6.07, 6.45) is 25.5. The standard InChI is InChI=1S/C54H57Br3/c55-46-7-1-40(2-8-46)49-19-34-13-35(20-49)26-52(25-34,31-49)43-16-44(53-27-36-14-37(28-53)22-50(21-36,32-53)41-3-9-47(56)10-4-41)18-45(17-43)54-29-38-15-39(30-54)24-51(23-38,33-54)42-5-11-48(57)12-6-42/h1-12,16-18,34-39H,13-15,19-33H2. The molecule has 3 heteroatoms. The van der Waals surface area contributed by atoms with Crippen LogP contribution in [-0.2, 0) is 32.5 Å². The molecule has 4 aromatic rings. The Morgan fingerprint density at radius 3 is 0.684 bits per heavy atom. The second-order valence-corrected chi connectivity index (χ2v) is 25.6. The van der Waals surface area contributed by atoms with Crippen LogP contribution in [0, 0.1) is 35.5 Å². The predicted octanol–water partition coefficient (Wildman–Crippen LogP) is 15.3. The van der Waals surface area contributed by atoms with Gasteiger partial charge in [-0.3, -0.25) is 0 Å². The van der Waals surface area contributed by atoms with Crippen LogP contribution in [-0.4, -0.2) is 0 Å². The van der Waals surface area contributed by atoms with Crippen LogP contribution in [0.4, 0.5) is 0 Å². The first-order chi connectivity index (χ1) is 27.5. The Morgan fingerprint density at radius 1 is 0.281 bits per heavy atom. The fourth-order valence-corrected chi connectivity index (χ4v) is 19.6. The maximum atomic E-state index is 3.79. The predicted molar refractivity (Wildman–Crippen MR) is 243 cm³/mol. The average Bonchev–Trinajstić information content (AvgIpc) is 3.17. The summed E-state index contributed by atoms with van der Waals surface area (Å²) >= 11 is 11.4. The lowest BCUT2D eigenvalue weighted by molar-refractivity contribution is -0.0338. The van der Waals surface area contributed by atoms with E-state index in [2.05, 4.69) is 139 Å². The Balaban J connectivity index is 0.984. The van der Waals surface area contributed by atoms with E-state index in [0.717, 1.165) is 35.5 Å². The molecule has 12 fully saturated rings. The monoisotopic (exact) mass is 942 g/mol. The van der Waals surface area contributed by atoms with Crippen molar-refractivity contribution in [3.63, 3.8) is 0 Å². The summed E-state index contributed by atoms with van der Waals surface area (Å²) in [6, 6.07) is 37.8. The zero-order valence-corrected chi connectivity index (χ0v) is 38.2. The average molecular weight is 946 g/mol. The van der Waals surface area contributed by atoms with Gasteiger partial charge in [-0.25, -0.2) is 0 Å². The lowest BCUT2D eigenvalue weighted by Crippen LogP contribution is -2.57. The molecule has 12 saturated carbocycles. The molecular formula is C54H57Br3. The van der Waals surface area contributed by atoms with Gasteiger partial charge in [-0.2, -0.15) is 0 Å². The summed E-state index contributed by atoms with van der Waals surface area (Å²) in [5.41, 5.74) is 12.2. The SMILES string of the molecule is Brc1ccc(C23CC4CC(C2)CC(c2cc(C56CC7CC(CC(c8ccc(Br)cc8)(C7)C5)C6)cc(C56CC7CC(CC(c8ccc(Br)cc8)(C7)C5)C6)c2)(C4)C3)cc1. The van der Waals surface area contributed by atoms with Crippen LogP contribution in [0.2, 0.25) is 0 Å². The Morgan fingerprint density at radius 2 is 0.474 bits per heavy atom. The molecule has 0 radical (unpaired) electrons. The Bertz CT molecular complexity index is 1960. The van der Waals surface area contributed by atoms with E-state index in [4.69, 9.17) is 0 Å². The molecule has 6 atom stereocenters. The van der Waals surface area contributed by atoms with Crippen molar-refractivity contribution in [2.75, 3.05) is 0 Å². The summed E-state index contributed by atoms with van der Waals surface area (Å²) in [5.74, 6) is 5.18. The number of rotatable bonds is 6. The minimum Gasteiger partial charge on any atom is -0.0574 e. The minimum atomic E-state index is 0.305. The molecule has 4 aromatic carbocycles. The zero-order chi connectivity index (χ0) is 38.0. The number of halogens is 3. The molecule has 294 valence electrons. The van der Waals surface area contributed by atoms with E-state index >= 15 is 0 Å². The molecule has 12 aliphatic rings. The molecule has 0 heterocycles. The van der Waals surface area contributed by atoms with Crippen LogP contribution < -0.4 is 0 Å². The highest BCUT2D eigenvalue weighted by molar-refractivity contribution is 9.11.